The molecule has 2 rings (SSSR count). The third-order valence-electron chi connectivity index (χ3n) is 3.06. The van der Waals surface area contributed by atoms with Crippen molar-refractivity contribution in [3.63, 3.8) is 0 Å². The fraction of sp³-hybridized carbons (Fsp3) is 0.417. The number of nitro benzene ring substituents is 1. The van der Waals surface area contributed by atoms with Crippen LogP contribution in [0.3, 0.4) is 0 Å². The Morgan fingerprint density at radius 2 is 2.00 bits per heavy atom. The molecule has 88 valence electrons. The van der Waals surface area contributed by atoms with Gasteiger partial charge in [-0.3, -0.25) is 15.0 Å². The Morgan fingerprint density at radius 3 is 2.59 bits per heavy atom. The quantitative estimate of drug-likeness (QED) is 0.591. The van der Waals surface area contributed by atoms with Crippen molar-refractivity contribution in [3.8, 4) is 6.07 Å². The molecule has 0 spiro atoms. The van der Waals surface area contributed by atoms with Gasteiger partial charge in [0, 0.05) is 6.07 Å². The molecule has 1 unspecified atom stereocenters. The number of rotatable bonds is 3. The zero-order valence-electron chi connectivity index (χ0n) is 9.37. The van der Waals surface area contributed by atoms with Crippen LogP contribution in [0.2, 0.25) is 0 Å². The summed E-state index contributed by atoms with van der Waals surface area (Å²) in [5.74, 6) is 0. The minimum Gasteiger partial charge on any atom is -0.284 e. The molecule has 0 aliphatic carbocycles. The van der Waals surface area contributed by atoms with Crippen molar-refractivity contribution in [1.82, 2.24) is 4.90 Å². The summed E-state index contributed by atoms with van der Waals surface area (Å²) in [5, 5.41) is 20.2. The Kier molecular flexibility index (Phi) is 3.35. The highest BCUT2D eigenvalue weighted by Gasteiger charge is 2.28. The number of hydrogen-bond donors (Lipinski definition) is 0. The van der Waals surface area contributed by atoms with E-state index in [0.717, 1.165) is 25.9 Å². The van der Waals surface area contributed by atoms with E-state index in [2.05, 4.69) is 6.07 Å². The van der Waals surface area contributed by atoms with E-state index in [1.165, 1.54) is 6.07 Å². The summed E-state index contributed by atoms with van der Waals surface area (Å²) in [5.41, 5.74) is 0.535. The van der Waals surface area contributed by atoms with Crippen LogP contribution in [-0.2, 0) is 0 Å². The molecule has 1 aliphatic heterocycles. The van der Waals surface area contributed by atoms with Gasteiger partial charge in [0.2, 0.25) is 0 Å². The topological polar surface area (TPSA) is 70.2 Å². The van der Waals surface area contributed by atoms with Gasteiger partial charge in [0.15, 0.2) is 0 Å². The first-order valence-corrected chi connectivity index (χ1v) is 5.61. The SMILES string of the molecule is N#CC(c1ccccc1[N+](=O)[O-])N1CCCC1. The van der Waals surface area contributed by atoms with Crippen molar-refractivity contribution in [3.05, 3.63) is 39.9 Å². The van der Waals surface area contributed by atoms with Gasteiger partial charge >= 0.3 is 0 Å². The Labute approximate surface area is 99.4 Å². The predicted octanol–water partition coefficient (Wildman–Crippen LogP) is 2.26. The molecule has 1 fully saturated rings. The average Bonchev–Trinajstić information content (AvgIpc) is 2.84. The summed E-state index contributed by atoms with van der Waals surface area (Å²) in [6.45, 7) is 1.68. The van der Waals surface area contributed by atoms with Gasteiger partial charge in [-0.25, -0.2) is 0 Å². The molecule has 0 saturated carbocycles. The molecule has 0 radical (unpaired) electrons. The zero-order valence-corrected chi connectivity index (χ0v) is 9.37. The molecule has 0 N–H and O–H groups in total. The van der Waals surface area contributed by atoms with Crippen molar-refractivity contribution in [1.29, 1.82) is 5.26 Å². The van der Waals surface area contributed by atoms with Crippen LogP contribution in [0, 0.1) is 21.4 Å². The van der Waals surface area contributed by atoms with Crippen molar-refractivity contribution in [2.24, 2.45) is 0 Å². The minimum absolute atomic E-state index is 0.0333. The second kappa shape index (κ2) is 4.93. The molecule has 5 nitrogen and oxygen atoms in total. The molecule has 1 heterocycles. The van der Waals surface area contributed by atoms with Crippen LogP contribution in [0.25, 0.3) is 0 Å². The number of hydrogen-bond acceptors (Lipinski definition) is 4. The first-order chi connectivity index (χ1) is 8.24. The van der Waals surface area contributed by atoms with Crippen LogP contribution in [0.15, 0.2) is 24.3 Å². The molecule has 17 heavy (non-hydrogen) atoms. The van der Waals surface area contributed by atoms with Crippen molar-refractivity contribution in [2.45, 2.75) is 18.9 Å². The molecule has 1 atom stereocenters. The largest absolute Gasteiger partial charge is 0.284 e. The lowest BCUT2D eigenvalue weighted by molar-refractivity contribution is -0.385. The predicted molar refractivity (Wildman–Crippen MR) is 62.3 cm³/mol. The lowest BCUT2D eigenvalue weighted by atomic mass is 10.0. The Bertz CT molecular complexity index is 461. The molecular weight excluding hydrogens is 218 g/mol. The molecule has 1 saturated heterocycles. The normalized spacial score (nSPS) is 17.6. The smallest absolute Gasteiger partial charge is 0.275 e. The highest BCUT2D eigenvalue weighted by atomic mass is 16.6. The number of nitriles is 1. The molecular formula is C12H13N3O2. The highest BCUT2D eigenvalue weighted by Crippen LogP contribution is 2.30. The Hall–Kier alpha value is -1.93. The van der Waals surface area contributed by atoms with E-state index in [0.29, 0.717) is 5.56 Å². The van der Waals surface area contributed by atoms with Gasteiger partial charge < -0.3 is 0 Å². The summed E-state index contributed by atoms with van der Waals surface area (Å²) in [4.78, 5) is 12.5. The molecule has 1 aliphatic rings. The number of likely N-dealkylation sites (tertiary alicyclic amines) is 1. The highest BCUT2D eigenvalue weighted by molar-refractivity contribution is 5.44. The summed E-state index contributed by atoms with van der Waals surface area (Å²) in [6, 6.07) is 8.17. The van der Waals surface area contributed by atoms with Crippen molar-refractivity contribution < 1.29 is 4.92 Å². The summed E-state index contributed by atoms with van der Waals surface area (Å²) in [7, 11) is 0. The summed E-state index contributed by atoms with van der Waals surface area (Å²) >= 11 is 0. The van der Waals surface area contributed by atoms with Gasteiger partial charge in [0.05, 0.1) is 16.6 Å². The summed E-state index contributed by atoms with van der Waals surface area (Å²) < 4.78 is 0. The van der Waals surface area contributed by atoms with Gasteiger partial charge in [-0.2, -0.15) is 5.26 Å². The van der Waals surface area contributed by atoms with Gasteiger partial charge in [0.1, 0.15) is 6.04 Å². The van der Waals surface area contributed by atoms with E-state index in [4.69, 9.17) is 0 Å². The minimum atomic E-state index is -0.501. The first-order valence-electron chi connectivity index (χ1n) is 5.61. The molecule has 0 aromatic heterocycles. The average molecular weight is 231 g/mol. The molecule has 0 amide bonds. The third-order valence-corrected chi connectivity index (χ3v) is 3.06. The first kappa shape index (κ1) is 11.6. The van der Waals surface area contributed by atoms with E-state index in [9.17, 15) is 15.4 Å². The maximum Gasteiger partial charge on any atom is 0.275 e. The monoisotopic (exact) mass is 231 g/mol. The van der Waals surface area contributed by atoms with Gasteiger partial charge in [-0.15, -0.1) is 0 Å². The van der Waals surface area contributed by atoms with E-state index in [1.54, 1.807) is 18.2 Å². The second-order valence-corrected chi connectivity index (χ2v) is 4.09. The molecule has 1 aromatic carbocycles. The Balaban J connectivity index is 2.37. The summed E-state index contributed by atoms with van der Waals surface area (Å²) in [6.07, 6.45) is 2.11. The van der Waals surface area contributed by atoms with Crippen LogP contribution in [-0.4, -0.2) is 22.9 Å². The number of para-hydroxylation sites is 1. The fourth-order valence-corrected chi connectivity index (χ4v) is 2.23. The Morgan fingerprint density at radius 1 is 1.35 bits per heavy atom. The molecule has 5 heteroatoms. The number of nitrogens with zero attached hydrogens (tertiary/aromatic N) is 3. The van der Waals surface area contributed by atoms with E-state index in [1.807, 2.05) is 4.90 Å². The third kappa shape index (κ3) is 2.27. The maximum atomic E-state index is 10.9. The van der Waals surface area contributed by atoms with Gasteiger partial charge in [-0.1, -0.05) is 12.1 Å². The van der Waals surface area contributed by atoms with Gasteiger partial charge in [0.25, 0.3) is 5.69 Å². The van der Waals surface area contributed by atoms with E-state index < -0.39 is 11.0 Å². The number of nitro groups is 1. The van der Waals surface area contributed by atoms with Crippen LogP contribution in [0.1, 0.15) is 24.4 Å². The lowest BCUT2D eigenvalue weighted by Gasteiger charge is -2.21. The van der Waals surface area contributed by atoms with Gasteiger partial charge in [-0.05, 0) is 32.0 Å². The van der Waals surface area contributed by atoms with E-state index in [-0.39, 0.29) is 5.69 Å². The fourth-order valence-electron chi connectivity index (χ4n) is 2.23. The second-order valence-electron chi connectivity index (χ2n) is 4.09. The molecule has 1 aromatic rings. The maximum absolute atomic E-state index is 10.9. The zero-order chi connectivity index (χ0) is 12.3. The van der Waals surface area contributed by atoms with Crippen LogP contribution in [0.5, 0.6) is 0 Å². The standard InChI is InChI=1S/C12H13N3O2/c13-9-12(14-7-3-4-8-14)10-5-1-2-6-11(10)15(16)17/h1-2,5-6,12H,3-4,7-8H2. The van der Waals surface area contributed by atoms with E-state index >= 15 is 0 Å². The van der Waals surface area contributed by atoms with Crippen LogP contribution in [0.4, 0.5) is 5.69 Å². The number of benzene rings is 1. The van der Waals surface area contributed by atoms with Crippen LogP contribution >= 0.6 is 0 Å². The van der Waals surface area contributed by atoms with Crippen LogP contribution < -0.4 is 0 Å². The molecule has 0 bridgehead atoms. The van der Waals surface area contributed by atoms with Crippen molar-refractivity contribution in [2.75, 3.05) is 13.1 Å². The lowest BCUT2D eigenvalue weighted by Crippen LogP contribution is -2.25. The van der Waals surface area contributed by atoms with Crippen molar-refractivity contribution >= 4 is 5.69 Å².